The van der Waals surface area contributed by atoms with Gasteiger partial charge in [-0.2, -0.15) is 0 Å². The molecule has 0 unspecified atom stereocenters. The van der Waals surface area contributed by atoms with E-state index in [0.717, 1.165) is 5.56 Å². The molecule has 0 aromatic heterocycles. The molecule has 152 valence electrons. The van der Waals surface area contributed by atoms with Crippen molar-refractivity contribution >= 4 is 46.3 Å². The van der Waals surface area contributed by atoms with Crippen LogP contribution in [-0.4, -0.2) is 47.5 Å². The van der Waals surface area contributed by atoms with Crippen LogP contribution in [0, 0.1) is 0 Å². The molecule has 1 aromatic rings. The Morgan fingerprint density at radius 2 is 2.07 bits per heavy atom. The molecule has 2 rings (SSSR count). The highest BCUT2D eigenvalue weighted by atomic mass is 32.2. The smallest absolute Gasteiger partial charge is 0.305 e. The van der Waals surface area contributed by atoms with E-state index in [0.29, 0.717) is 40.3 Å². The van der Waals surface area contributed by atoms with Crippen molar-refractivity contribution in [1.82, 2.24) is 4.90 Å². The number of thiocarbonyl (C=S) groups is 1. The lowest BCUT2D eigenvalue weighted by Crippen LogP contribution is -2.29. The summed E-state index contributed by atoms with van der Waals surface area (Å²) < 4.78 is 16.5. The van der Waals surface area contributed by atoms with Gasteiger partial charge in [-0.25, -0.2) is 0 Å². The zero-order valence-electron chi connectivity index (χ0n) is 16.5. The lowest BCUT2D eigenvalue weighted by Gasteiger charge is -2.15. The van der Waals surface area contributed by atoms with Crippen molar-refractivity contribution in [2.45, 2.75) is 39.7 Å². The van der Waals surface area contributed by atoms with Gasteiger partial charge in [0.1, 0.15) is 4.32 Å². The Morgan fingerprint density at radius 1 is 1.32 bits per heavy atom. The molecule has 1 amide bonds. The molecule has 0 N–H and O–H groups in total. The number of thioether (sulfide) groups is 1. The molecule has 1 aliphatic rings. The second-order valence-electron chi connectivity index (χ2n) is 6.32. The number of esters is 1. The standard InChI is InChI=1S/C20H25NO5S2/c1-5-25-16-11-14(8-9-15(16)26-13(2)3)12-17-19(23)21(20(27)28-17)10-6-7-18(22)24-4/h8-9,11-13H,5-7,10H2,1-4H3/b17-12-. The molecule has 1 aromatic carbocycles. The third kappa shape index (κ3) is 5.97. The number of nitrogens with zero attached hydrogens (tertiary/aromatic N) is 1. The first-order valence-corrected chi connectivity index (χ1v) is 10.3. The molecule has 8 heteroatoms. The predicted octanol–water partition coefficient (Wildman–Crippen LogP) is 4.03. The molecule has 0 spiro atoms. The maximum Gasteiger partial charge on any atom is 0.305 e. The topological polar surface area (TPSA) is 65.1 Å². The van der Waals surface area contributed by atoms with Gasteiger partial charge in [-0.05, 0) is 51.0 Å². The average molecular weight is 424 g/mol. The molecule has 0 atom stereocenters. The summed E-state index contributed by atoms with van der Waals surface area (Å²) in [6.07, 6.45) is 2.58. The monoisotopic (exact) mass is 423 g/mol. The lowest BCUT2D eigenvalue weighted by atomic mass is 10.1. The predicted molar refractivity (Wildman–Crippen MR) is 115 cm³/mol. The van der Waals surface area contributed by atoms with Crippen LogP contribution in [0.2, 0.25) is 0 Å². The molecule has 0 bridgehead atoms. The van der Waals surface area contributed by atoms with E-state index in [9.17, 15) is 9.59 Å². The van der Waals surface area contributed by atoms with E-state index < -0.39 is 0 Å². The van der Waals surface area contributed by atoms with Gasteiger partial charge < -0.3 is 14.2 Å². The van der Waals surface area contributed by atoms with Crippen LogP contribution in [-0.2, 0) is 14.3 Å². The fourth-order valence-electron chi connectivity index (χ4n) is 2.56. The van der Waals surface area contributed by atoms with Gasteiger partial charge in [-0.1, -0.05) is 30.0 Å². The van der Waals surface area contributed by atoms with Gasteiger partial charge in [0, 0.05) is 13.0 Å². The second kappa shape index (κ2) is 10.5. The number of amides is 1. The number of hydrogen-bond acceptors (Lipinski definition) is 7. The quantitative estimate of drug-likeness (QED) is 0.338. The van der Waals surface area contributed by atoms with Crippen molar-refractivity contribution in [1.29, 1.82) is 0 Å². The Hall–Kier alpha value is -2.06. The van der Waals surface area contributed by atoms with Crippen LogP contribution in [0.1, 0.15) is 39.2 Å². The van der Waals surface area contributed by atoms with E-state index in [2.05, 4.69) is 4.74 Å². The van der Waals surface area contributed by atoms with Crippen molar-refractivity contribution < 1.29 is 23.8 Å². The third-order valence-corrected chi connectivity index (χ3v) is 5.17. The molecule has 0 radical (unpaired) electrons. The van der Waals surface area contributed by atoms with Crippen LogP contribution >= 0.6 is 24.0 Å². The van der Waals surface area contributed by atoms with E-state index in [1.165, 1.54) is 23.8 Å². The highest BCUT2D eigenvalue weighted by Gasteiger charge is 2.31. The van der Waals surface area contributed by atoms with Crippen LogP contribution < -0.4 is 9.47 Å². The Morgan fingerprint density at radius 3 is 2.71 bits per heavy atom. The summed E-state index contributed by atoms with van der Waals surface area (Å²) in [5, 5.41) is 0. The zero-order chi connectivity index (χ0) is 20.7. The minimum atomic E-state index is -0.298. The highest BCUT2D eigenvalue weighted by molar-refractivity contribution is 8.26. The SMILES string of the molecule is CCOc1cc(/C=C2\SC(=S)N(CCCC(=O)OC)C2=O)ccc1OC(C)C. The van der Waals surface area contributed by atoms with Crippen LogP contribution in [0.5, 0.6) is 11.5 Å². The van der Waals surface area contributed by atoms with E-state index in [1.54, 1.807) is 6.08 Å². The van der Waals surface area contributed by atoms with Gasteiger partial charge in [0.25, 0.3) is 5.91 Å². The summed E-state index contributed by atoms with van der Waals surface area (Å²) in [4.78, 5) is 26.0. The number of benzene rings is 1. The normalized spacial score (nSPS) is 15.5. The first-order chi connectivity index (χ1) is 13.3. The Bertz CT molecular complexity index is 776. The molecule has 0 saturated carbocycles. The van der Waals surface area contributed by atoms with Gasteiger partial charge in [-0.3, -0.25) is 14.5 Å². The minimum absolute atomic E-state index is 0.0336. The fourth-order valence-corrected chi connectivity index (χ4v) is 3.87. The molecule has 1 aliphatic heterocycles. The summed E-state index contributed by atoms with van der Waals surface area (Å²) in [6, 6.07) is 5.57. The number of carbonyl (C=O) groups excluding carboxylic acids is 2. The Labute approximate surface area is 175 Å². The van der Waals surface area contributed by atoms with Crippen LogP contribution in [0.25, 0.3) is 6.08 Å². The maximum absolute atomic E-state index is 12.7. The Kier molecular flexibility index (Phi) is 8.32. The maximum atomic E-state index is 12.7. The van der Waals surface area contributed by atoms with E-state index in [4.69, 9.17) is 21.7 Å². The molecule has 28 heavy (non-hydrogen) atoms. The summed E-state index contributed by atoms with van der Waals surface area (Å²) in [7, 11) is 1.35. The molecule has 6 nitrogen and oxygen atoms in total. The molecule has 1 saturated heterocycles. The fraction of sp³-hybridized carbons (Fsp3) is 0.450. The van der Waals surface area contributed by atoms with Gasteiger partial charge in [0.2, 0.25) is 0 Å². The highest BCUT2D eigenvalue weighted by Crippen LogP contribution is 2.35. The molecular formula is C20H25NO5S2. The van der Waals surface area contributed by atoms with Crippen LogP contribution in [0.3, 0.4) is 0 Å². The van der Waals surface area contributed by atoms with Crippen molar-refractivity contribution in [3.8, 4) is 11.5 Å². The van der Waals surface area contributed by atoms with Gasteiger partial charge in [0.15, 0.2) is 11.5 Å². The van der Waals surface area contributed by atoms with Gasteiger partial charge in [0.05, 0.1) is 24.7 Å². The summed E-state index contributed by atoms with van der Waals surface area (Å²) in [6.45, 7) is 6.72. The first-order valence-electron chi connectivity index (χ1n) is 9.11. The largest absolute Gasteiger partial charge is 0.490 e. The molecule has 1 heterocycles. The minimum Gasteiger partial charge on any atom is -0.490 e. The Balaban J connectivity index is 2.14. The number of ether oxygens (including phenoxy) is 3. The lowest BCUT2D eigenvalue weighted by molar-refractivity contribution is -0.141. The molecule has 1 fully saturated rings. The molecule has 0 aliphatic carbocycles. The summed E-state index contributed by atoms with van der Waals surface area (Å²) in [5.74, 6) is 0.858. The first kappa shape index (κ1) is 22.2. The van der Waals surface area contributed by atoms with Crippen molar-refractivity contribution in [3.63, 3.8) is 0 Å². The van der Waals surface area contributed by atoms with Gasteiger partial charge in [-0.15, -0.1) is 0 Å². The van der Waals surface area contributed by atoms with E-state index in [-0.39, 0.29) is 24.4 Å². The number of carbonyl (C=O) groups is 2. The summed E-state index contributed by atoms with van der Waals surface area (Å²) in [5.41, 5.74) is 0.828. The van der Waals surface area contributed by atoms with Crippen LogP contribution in [0.15, 0.2) is 23.1 Å². The van der Waals surface area contributed by atoms with E-state index in [1.807, 2.05) is 39.0 Å². The van der Waals surface area contributed by atoms with Crippen molar-refractivity contribution in [3.05, 3.63) is 28.7 Å². The van der Waals surface area contributed by atoms with Crippen molar-refractivity contribution in [2.75, 3.05) is 20.3 Å². The molecular weight excluding hydrogens is 398 g/mol. The average Bonchev–Trinajstić information content (AvgIpc) is 2.90. The number of hydrogen-bond donors (Lipinski definition) is 0. The van der Waals surface area contributed by atoms with Crippen LogP contribution in [0.4, 0.5) is 0 Å². The summed E-state index contributed by atoms with van der Waals surface area (Å²) >= 11 is 6.58. The number of methoxy groups -OCH3 is 1. The second-order valence-corrected chi connectivity index (χ2v) is 7.99. The van der Waals surface area contributed by atoms with E-state index >= 15 is 0 Å². The zero-order valence-corrected chi connectivity index (χ0v) is 18.2. The van der Waals surface area contributed by atoms with Crippen molar-refractivity contribution in [2.24, 2.45) is 0 Å². The number of rotatable bonds is 9. The third-order valence-electron chi connectivity index (χ3n) is 3.79. The van der Waals surface area contributed by atoms with Gasteiger partial charge >= 0.3 is 5.97 Å².